The SMILES string of the molecule is C=CC=C(C=C)C1CCCC1. The van der Waals surface area contributed by atoms with E-state index in [2.05, 4.69) is 19.2 Å². The van der Waals surface area contributed by atoms with Crippen LogP contribution < -0.4 is 0 Å². The fourth-order valence-electron chi connectivity index (χ4n) is 1.77. The lowest BCUT2D eigenvalue weighted by atomic mass is 9.97. The number of hydrogen-bond donors (Lipinski definition) is 0. The summed E-state index contributed by atoms with van der Waals surface area (Å²) in [4.78, 5) is 0. The second kappa shape index (κ2) is 4.17. The van der Waals surface area contributed by atoms with Crippen LogP contribution in [0.25, 0.3) is 0 Å². The fourth-order valence-corrected chi connectivity index (χ4v) is 1.77. The summed E-state index contributed by atoms with van der Waals surface area (Å²) in [7, 11) is 0. The van der Waals surface area contributed by atoms with Crippen molar-refractivity contribution in [3.05, 3.63) is 37.0 Å². The van der Waals surface area contributed by atoms with Crippen molar-refractivity contribution in [2.24, 2.45) is 5.92 Å². The highest BCUT2D eigenvalue weighted by molar-refractivity contribution is 5.24. The van der Waals surface area contributed by atoms with Crippen molar-refractivity contribution < 1.29 is 0 Å². The maximum atomic E-state index is 3.81. The molecule has 0 radical (unpaired) electrons. The average molecular weight is 148 g/mol. The first-order valence-corrected chi connectivity index (χ1v) is 4.33. The molecule has 0 N–H and O–H groups in total. The van der Waals surface area contributed by atoms with Crippen LogP contribution in [0.3, 0.4) is 0 Å². The van der Waals surface area contributed by atoms with E-state index in [0.29, 0.717) is 0 Å². The smallest absolute Gasteiger partial charge is 0.0162 e. The Balaban J connectivity index is 2.60. The Morgan fingerprint density at radius 2 is 1.82 bits per heavy atom. The summed E-state index contributed by atoms with van der Waals surface area (Å²) in [6, 6.07) is 0. The Bertz CT molecular complexity index is 168. The van der Waals surface area contributed by atoms with Crippen LogP contribution in [0.2, 0.25) is 0 Å². The zero-order valence-electron chi connectivity index (χ0n) is 7.05. The van der Waals surface area contributed by atoms with Crippen LogP contribution in [-0.2, 0) is 0 Å². The van der Waals surface area contributed by atoms with Gasteiger partial charge in [-0.25, -0.2) is 0 Å². The molecule has 0 heteroatoms. The molecule has 0 aromatic heterocycles. The zero-order valence-corrected chi connectivity index (χ0v) is 7.05. The van der Waals surface area contributed by atoms with Crippen LogP contribution in [0.15, 0.2) is 37.0 Å². The van der Waals surface area contributed by atoms with E-state index in [1.807, 2.05) is 12.2 Å². The first kappa shape index (κ1) is 8.32. The molecule has 0 bridgehead atoms. The molecular formula is C11H16. The van der Waals surface area contributed by atoms with Crippen molar-refractivity contribution in [3.63, 3.8) is 0 Å². The van der Waals surface area contributed by atoms with Crippen LogP contribution in [0, 0.1) is 5.92 Å². The predicted molar refractivity (Wildman–Crippen MR) is 50.4 cm³/mol. The summed E-state index contributed by atoms with van der Waals surface area (Å²) < 4.78 is 0. The number of rotatable bonds is 3. The molecule has 0 aromatic rings. The van der Waals surface area contributed by atoms with E-state index in [-0.39, 0.29) is 0 Å². The lowest BCUT2D eigenvalue weighted by Crippen LogP contribution is -1.94. The molecule has 0 saturated heterocycles. The van der Waals surface area contributed by atoms with Crippen LogP contribution >= 0.6 is 0 Å². The standard InChI is InChI=1S/C11H16/c1-3-7-10(4-2)11-8-5-6-9-11/h3-4,7,11H,1-2,5-6,8-9H2. The van der Waals surface area contributed by atoms with E-state index >= 15 is 0 Å². The third-order valence-corrected chi connectivity index (χ3v) is 2.37. The van der Waals surface area contributed by atoms with Crippen molar-refractivity contribution in [3.8, 4) is 0 Å². The third-order valence-electron chi connectivity index (χ3n) is 2.37. The first-order chi connectivity index (χ1) is 5.38. The fraction of sp³-hybridized carbons (Fsp3) is 0.455. The number of allylic oxidation sites excluding steroid dienone is 4. The van der Waals surface area contributed by atoms with E-state index in [9.17, 15) is 0 Å². The van der Waals surface area contributed by atoms with Gasteiger partial charge in [-0.1, -0.05) is 44.2 Å². The van der Waals surface area contributed by atoms with Crippen LogP contribution in [0.5, 0.6) is 0 Å². The Hall–Kier alpha value is -0.780. The molecule has 0 aliphatic heterocycles. The van der Waals surface area contributed by atoms with Gasteiger partial charge in [0.1, 0.15) is 0 Å². The van der Waals surface area contributed by atoms with E-state index in [1.165, 1.54) is 31.3 Å². The maximum absolute atomic E-state index is 3.81. The van der Waals surface area contributed by atoms with Gasteiger partial charge >= 0.3 is 0 Å². The minimum absolute atomic E-state index is 0.769. The zero-order chi connectivity index (χ0) is 8.10. The van der Waals surface area contributed by atoms with Crippen LogP contribution in [0.4, 0.5) is 0 Å². The highest BCUT2D eigenvalue weighted by Crippen LogP contribution is 2.31. The van der Waals surface area contributed by atoms with Gasteiger partial charge in [-0.05, 0) is 24.3 Å². The number of hydrogen-bond acceptors (Lipinski definition) is 0. The minimum atomic E-state index is 0.769. The van der Waals surface area contributed by atoms with Gasteiger partial charge in [0.2, 0.25) is 0 Å². The lowest BCUT2D eigenvalue weighted by molar-refractivity contribution is 0.658. The molecule has 60 valence electrons. The normalized spacial score (nSPS) is 20.2. The molecule has 0 nitrogen and oxygen atoms in total. The molecule has 1 aliphatic rings. The first-order valence-electron chi connectivity index (χ1n) is 4.33. The Morgan fingerprint density at radius 1 is 1.18 bits per heavy atom. The monoisotopic (exact) mass is 148 g/mol. The third kappa shape index (κ3) is 2.07. The van der Waals surface area contributed by atoms with Crippen molar-refractivity contribution in [2.75, 3.05) is 0 Å². The van der Waals surface area contributed by atoms with E-state index in [0.717, 1.165) is 5.92 Å². The van der Waals surface area contributed by atoms with Crippen molar-refractivity contribution in [1.29, 1.82) is 0 Å². The highest BCUT2D eigenvalue weighted by atomic mass is 14.2. The summed E-state index contributed by atoms with van der Waals surface area (Å²) in [5.41, 5.74) is 1.37. The van der Waals surface area contributed by atoms with Gasteiger partial charge in [-0.15, -0.1) is 0 Å². The van der Waals surface area contributed by atoms with E-state index < -0.39 is 0 Å². The molecule has 0 amide bonds. The summed E-state index contributed by atoms with van der Waals surface area (Å²) in [6.45, 7) is 7.50. The largest absolute Gasteiger partial charge is 0.0991 e. The molecule has 1 rings (SSSR count). The molecule has 0 heterocycles. The lowest BCUT2D eigenvalue weighted by Gasteiger charge is -2.08. The van der Waals surface area contributed by atoms with E-state index in [4.69, 9.17) is 0 Å². The molecule has 1 aliphatic carbocycles. The Morgan fingerprint density at radius 3 is 2.27 bits per heavy atom. The van der Waals surface area contributed by atoms with Crippen LogP contribution in [-0.4, -0.2) is 0 Å². The van der Waals surface area contributed by atoms with Gasteiger partial charge in [-0.3, -0.25) is 0 Å². The Kier molecular flexibility index (Phi) is 3.15. The second-order valence-corrected chi connectivity index (χ2v) is 3.09. The van der Waals surface area contributed by atoms with Crippen molar-refractivity contribution >= 4 is 0 Å². The van der Waals surface area contributed by atoms with Gasteiger partial charge in [0.15, 0.2) is 0 Å². The molecule has 0 unspecified atom stereocenters. The molecule has 0 atom stereocenters. The van der Waals surface area contributed by atoms with Gasteiger partial charge in [0.05, 0.1) is 0 Å². The van der Waals surface area contributed by atoms with E-state index in [1.54, 1.807) is 0 Å². The van der Waals surface area contributed by atoms with Gasteiger partial charge in [-0.2, -0.15) is 0 Å². The van der Waals surface area contributed by atoms with Gasteiger partial charge in [0, 0.05) is 0 Å². The predicted octanol–water partition coefficient (Wildman–Crippen LogP) is 3.48. The quantitative estimate of drug-likeness (QED) is 0.537. The molecular weight excluding hydrogens is 132 g/mol. The molecule has 1 saturated carbocycles. The summed E-state index contributed by atoms with van der Waals surface area (Å²) in [6.07, 6.45) is 11.4. The van der Waals surface area contributed by atoms with Gasteiger partial charge in [0.25, 0.3) is 0 Å². The highest BCUT2D eigenvalue weighted by Gasteiger charge is 2.16. The van der Waals surface area contributed by atoms with Crippen LogP contribution in [0.1, 0.15) is 25.7 Å². The average Bonchev–Trinajstić information content (AvgIpc) is 2.52. The maximum Gasteiger partial charge on any atom is -0.0162 e. The topological polar surface area (TPSA) is 0 Å². The Labute approximate surface area is 69.3 Å². The molecule has 0 spiro atoms. The van der Waals surface area contributed by atoms with Crippen molar-refractivity contribution in [2.45, 2.75) is 25.7 Å². The summed E-state index contributed by atoms with van der Waals surface area (Å²) >= 11 is 0. The van der Waals surface area contributed by atoms with Gasteiger partial charge < -0.3 is 0 Å². The second-order valence-electron chi connectivity index (χ2n) is 3.09. The molecule has 11 heavy (non-hydrogen) atoms. The summed E-state index contributed by atoms with van der Waals surface area (Å²) in [5.74, 6) is 0.769. The minimum Gasteiger partial charge on any atom is -0.0991 e. The molecule has 1 fully saturated rings. The molecule has 0 aromatic carbocycles. The van der Waals surface area contributed by atoms with Crippen molar-refractivity contribution in [1.82, 2.24) is 0 Å². The summed E-state index contributed by atoms with van der Waals surface area (Å²) in [5, 5.41) is 0.